The Morgan fingerprint density at radius 2 is 0.689 bits per heavy atom. The van der Waals surface area contributed by atoms with E-state index in [0.717, 1.165) is 66.4 Å². The Morgan fingerprint density at radius 1 is 0.356 bits per heavy atom. The van der Waals surface area contributed by atoms with Gasteiger partial charge < -0.3 is 0 Å². The van der Waals surface area contributed by atoms with Crippen molar-refractivity contribution in [1.29, 1.82) is 0 Å². The summed E-state index contributed by atoms with van der Waals surface area (Å²) in [5.74, 6) is 0. The Labute approximate surface area is 273 Å². The average molecular weight is 632 g/mol. The third kappa shape index (κ3) is 5.93. The van der Waals surface area contributed by atoms with Crippen LogP contribution >= 0.6 is 0 Å². The van der Waals surface area contributed by atoms with Crippen LogP contribution in [0.15, 0.2) is 121 Å². The molecule has 0 spiro atoms. The summed E-state index contributed by atoms with van der Waals surface area (Å²) in [6.07, 6.45) is 0. The van der Waals surface area contributed by atoms with Crippen molar-refractivity contribution in [3.8, 4) is 22.3 Å². The molecule has 222 valence electrons. The molecule has 8 aromatic rings. The van der Waals surface area contributed by atoms with E-state index in [1.54, 1.807) is 0 Å². The average Bonchev–Trinajstić information content (AvgIpc) is 3.05. The molecule has 0 aliphatic heterocycles. The third-order valence-electron chi connectivity index (χ3n) is 8.00. The van der Waals surface area contributed by atoms with Gasteiger partial charge in [0.1, 0.15) is 0 Å². The zero-order valence-electron chi connectivity index (χ0n) is 25.6. The first kappa shape index (κ1) is 30.1. The zero-order valence-corrected chi connectivity index (χ0v) is 26.6. The van der Waals surface area contributed by atoms with Gasteiger partial charge >= 0.3 is 17.1 Å². The maximum Gasteiger partial charge on any atom is 1.00 e. The van der Waals surface area contributed by atoms with E-state index in [-0.39, 0.29) is 17.1 Å². The molecule has 0 aliphatic rings. The third-order valence-corrected chi connectivity index (χ3v) is 8.00. The minimum absolute atomic E-state index is 0. The molecule has 0 aliphatic carbocycles. The zero-order chi connectivity index (χ0) is 30.2. The number of nitrogens with zero attached hydrogens (tertiary/aromatic N) is 4. The second kappa shape index (κ2) is 12.6. The molecule has 8 rings (SSSR count). The first-order valence-corrected chi connectivity index (χ1v) is 14.9. The Morgan fingerprint density at radius 3 is 1.07 bits per heavy atom. The van der Waals surface area contributed by atoms with Gasteiger partial charge in [0.2, 0.25) is 0 Å². The fourth-order valence-corrected chi connectivity index (χ4v) is 5.84. The summed E-state index contributed by atoms with van der Waals surface area (Å²) in [5.41, 5.74) is 12.8. The fourth-order valence-electron chi connectivity index (χ4n) is 5.84. The Balaban J connectivity index is 0.000000155. The number of rotatable bonds is 2. The van der Waals surface area contributed by atoms with Crippen molar-refractivity contribution in [2.24, 2.45) is 0 Å². The number of hydrogen-bond donors (Lipinski definition) is 0. The molecule has 0 amide bonds. The minimum Gasteiger partial charge on any atom is -0.251 e. The molecular formula is C40H32CuN4+. The molecule has 0 radical (unpaired) electrons. The number of aromatic nitrogens is 4. The van der Waals surface area contributed by atoms with E-state index in [2.05, 4.69) is 109 Å². The van der Waals surface area contributed by atoms with Crippen molar-refractivity contribution in [2.75, 3.05) is 0 Å². The number of aryl methyl sites for hydroxylation is 4. The molecule has 4 aromatic heterocycles. The van der Waals surface area contributed by atoms with Crippen LogP contribution in [-0.4, -0.2) is 19.9 Å². The van der Waals surface area contributed by atoms with Gasteiger partial charge in [-0.2, -0.15) is 0 Å². The van der Waals surface area contributed by atoms with Crippen LogP contribution in [0.3, 0.4) is 0 Å². The van der Waals surface area contributed by atoms with Crippen LogP contribution in [0.4, 0.5) is 0 Å². The molecule has 5 heteroatoms. The molecule has 4 nitrogen and oxygen atoms in total. The van der Waals surface area contributed by atoms with E-state index in [9.17, 15) is 0 Å². The molecule has 45 heavy (non-hydrogen) atoms. The summed E-state index contributed by atoms with van der Waals surface area (Å²) in [7, 11) is 0. The summed E-state index contributed by atoms with van der Waals surface area (Å²) in [5, 5.41) is 4.58. The van der Waals surface area contributed by atoms with Gasteiger partial charge in [-0.25, -0.2) is 0 Å². The SMILES string of the molecule is Cc1ccc2cc(-c3ccccc3)c3ccc(C)nc3c2n1.Cc1ccc2cc(-c3ccccc3)c3ccc(C)nc3c2n1.[Cu+]. The van der Waals surface area contributed by atoms with Crippen LogP contribution in [-0.2, 0) is 17.1 Å². The topological polar surface area (TPSA) is 51.6 Å². The largest absolute Gasteiger partial charge is 1.00 e. The molecule has 0 fully saturated rings. The van der Waals surface area contributed by atoms with Crippen molar-refractivity contribution in [1.82, 2.24) is 19.9 Å². The smallest absolute Gasteiger partial charge is 0.251 e. The molecular weight excluding hydrogens is 600 g/mol. The van der Waals surface area contributed by atoms with Crippen LogP contribution in [0.1, 0.15) is 22.8 Å². The minimum atomic E-state index is 0. The van der Waals surface area contributed by atoms with Crippen LogP contribution in [0.5, 0.6) is 0 Å². The number of hydrogen-bond acceptors (Lipinski definition) is 4. The second-order valence-electron chi connectivity index (χ2n) is 11.3. The summed E-state index contributed by atoms with van der Waals surface area (Å²) < 4.78 is 0. The Kier molecular flexibility index (Phi) is 8.40. The van der Waals surface area contributed by atoms with Gasteiger partial charge in [-0.3, -0.25) is 19.9 Å². The Bertz CT molecular complexity index is 2150. The van der Waals surface area contributed by atoms with Crippen LogP contribution in [0.2, 0.25) is 0 Å². The van der Waals surface area contributed by atoms with E-state index < -0.39 is 0 Å². The predicted molar refractivity (Wildman–Crippen MR) is 184 cm³/mol. The van der Waals surface area contributed by atoms with Gasteiger partial charge in [-0.1, -0.05) is 84.9 Å². The van der Waals surface area contributed by atoms with Crippen molar-refractivity contribution in [3.63, 3.8) is 0 Å². The van der Waals surface area contributed by atoms with E-state index >= 15 is 0 Å². The fraction of sp³-hybridized carbons (Fsp3) is 0.100. The number of pyridine rings is 4. The van der Waals surface area contributed by atoms with Crippen LogP contribution in [0.25, 0.3) is 65.9 Å². The van der Waals surface area contributed by atoms with Crippen molar-refractivity contribution < 1.29 is 17.1 Å². The van der Waals surface area contributed by atoms with Gasteiger partial charge in [0, 0.05) is 44.3 Å². The van der Waals surface area contributed by atoms with E-state index in [4.69, 9.17) is 19.9 Å². The molecule has 0 saturated carbocycles. The standard InChI is InChI=1S/2C20H16N2.Cu/c2*1-13-8-10-16-12-18(15-6-4-3-5-7-15)17-11-9-14(2)22-20(17)19(16)21-13;/h2*3-12H,1-2H3;/q;;+1. The molecule has 0 bridgehead atoms. The summed E-state index contributed by atoms with van der Waals surface area (Å²) >= 11 is 0. The second-order valence-corrected chi connectivity index (χ2v) is 11.3. The number of fused-ring (bicyclic) bond motifs is 6. The molecule has 4 aromatic carbocycles. The molecule has 0 atom stereocenters. The van der Waals surface area contributed by atoms with Crippen molar-refractivity contribution in [2.45, 2.75) is 27.7 Å². The monoisotopic (exact) mass is 631 g/mol. The maximum absolute atomic E-state index is 4.77. The molecule has 4 heterocycles. The van der Waals surface area contributed by atoms with Gasteiger partial charge in [0.25, 0.3) is 0 Å². The van der Waals surface area contributed by atoms with Gasteiger partial charge in [-0.05, 0) is 86.3 Å². The van der Waals surface area contributed by atoms with Gasteiger partial charge in [-0.15, -0.1) is 0 Å². The predicted octanol–water partition coefficient (Wildman–Crippen LogP) is 10.1. The van der Waals surface area contributed by atoms with E-state index in [0.29, 0.717) is 0 Å². The van der Waals surface area contributed by atoms with Crippen LogP contribution in [0, 0.1) is 27.7 Å². The maximum atomic E-state index is 4.77. The van der Waals surface area contributed by atoms with Gasteiger partial charge in [0.15, 0.2) is 0 Å². The summed E-state index contributed by atoms with van der Waals surface area (Å²) in [4.78, 5) is 19.0. The normalized spacial score (nSPS) is 10.9. The van der Waals surface area contributed by atoms with Crippen molar-refractivity contribution >= 4 is 43.6 Å². The Hall–Kier alpha value is -4.96. The quantitative estimate of drug-likeness (QED) is 0.141. The first-order chi connectivity index (χ1) is 21.4. The van der Waals surface area contributed by atoms with Crippen molar-refractivity contribution in [3.05, 3.63) is 144 Å². The van der Waals surface area contributed by atoms with Crippen LogP contribution < -0.4 is 0 Å². The van der Waals surface area contributed by atoms with E-state index in [1.165, 1.54) is 22.3 Å². The number of benzene rings is 4. The summed E-state index contributed by atoms with van der Waals surface area (Å²) in [6, 6.07) is 42.2. The molecule has 0 unspecified atom stereocenters. The first-order valence-electron chi connectivity index (χ1n) is 14.9. The molecule has 0 N–H and O–H groups in total. The van der Waals surface area contributed by atoms with Gasteiger partial charge in [0.05, 0.1) is 22.1 Å². The summed E-state index contributed by atoms with van der Waals surface area (Å²) in [6.45, 7) is 8.09. The van der Waals surface area contributed by atoms with E-state index in [1.807, 2.05) is 39.8 Å². The molecule has 0 saturated heterocycles.